The van der Waals surface area contributed by atoms with Gasteiger partial charge in [0, 0.05) is 32.7 Å². The molecule has 3 aliphatic rings. The van der Waals surface area contributed by atoms with Gasteiger partial charge < -0.3 is 8.83 Å². The highest BCUT2D eigenvalue weighted by Crippen LogP contribution is 2.59. The third-order valence-corrected chi connectivity index (χ3v) is 23.5. The van der Waals surface area contributed by atoms with Crippen molar-refractivity contribution in [1.29, 1.82) is 0 Å². The average molecular weight is 1440 g/mol. The SMILES string of the molecule is Clc1nc2c(nc1-c1ccc3c(c1)C(c1ccccc1)(c1ccccc1)c1ccccc1-3)oc1ccccc12.c1ccc(C2(c3ccccc3)c3ccccc3-c3ccc(-c4nc5oc6ccccc6c5nc4-n4c5ccccc5c5cc6ccccc6cc54)cc32)cc1.c1ccc2c(c1)Cc1cc3ccccc3cc1-2. The van der Waals surface area contributed by atoms with Crippen molar-refractivity contribution in [2.75, 3.05) is 0 Å². The summed E-state index contributed by atoms with van der Waals surface area (Å²) in [6.45, 7) is 0. The van der Waals surface area contributed by atoms with Crippen LogP contribution in [0, 0.1) is 0 Å². The molecule has 0 aliphatic heterocycles. The molecule has 24 rings (SSSR count). The molecule has 0 atom stereocenters. The molecule has 0 bridgehead atoms. The summed E-state index contributed by atoms with van der Waals surface area (Å²) in [7, 11) is 0. The molecule has 0 saturated carbocycles. The fraction of sp³-hybridized carbons (Fsp3) is 0.0291. The average Bonchev–Trinajstić information content (AvgIpc) is 1.54. The van der Waals surface area contributed by atoms with Crippen molar-refractivity contribution in [2.24, 2.45) is 0 Å². The van der Waals surface area contributed by atoms with E-state index in [2.05, 4.69) is 338 Å². The van der Waals surface area contributed by atoms with Crippen LogP contribution in [0.25, 0.3) is 149 Å². The van der Waals surface area contributed by atoms with Crippen LogP contribution in [0.2, 0.25) is 5.15 Å². The second-order valence-electron chi connectivity index (χ2n) is 29.1. The molecular formula is C103H64ClN5O2. The molecular weight excluding hydrogens is 1370 g/mol. The van der Waals surface area contributed by atoms with Gasteiger partial charge in [-0.2, -0.15) is 0 Å². The number of nitrogens with zero attached hydrogens (tertiary/aromatic N) is 5. The first-order valence-electron chi connectivity index (χ1n) is 37.7. The van der Waals surface area contributed by atoms with Gasteiger partial charge in [0.1, 0.15) is 33.6 Å². The van der Waals surface area contributed by atoms with Crippen LogP contribution in [0.1, 0.15) is 55.6 Å². The summed E-state index contributed by atoms with van der Waals surface area (Å²) < 4.78 is 14.8. The normalized spacial score (nSPS) is 13.2. The summed E-state index contributed by atoms with van der Waals surface area (Å²) in [5, 5.41) is 9.62. The van der Waals surface area contributed by atoms with E-state index in [1.165, 1.54) is 121 Å². The van der Waals surface area contributed by atoms with Crippen molar-refractivity contribution < 1.29 is 8.83 Å². The highest BCUT2D eigenvalue weighted by molar-refractivity contribution is 6.32. The largest absolute Gasteiger partial charge is 0.436 e. The van der Waals surface area contributed by atoms with Gasteiger partial charge in [-0.05, 0) is 178 Å². The van der Waals surface area contributed by atoms with Crippen LogP contribution in [-0.4, -0.2) is 24.5 Å². The molecule has 0 saturated heterocycles. The Balaban J connectivity index is 0.000000117. The number of hydrogen-bond donors (Lipinski definition) is 0. The van der Waals surface area contributed by atoms with Crippen molar-refractivity contribution in [3.63, 3.8) is 0 Å². The molecule has 16 aromatic carbocycles. The molecule has 21 aromatic rings. The predicted molar refractivity (Wildman–Crippen MR) is 453 cm³/mol. The Bertz CT molecular complexity index is 7250. The van der Waals surface area contributed by atoms with E-state index in [0.29, 0.717) is 27.8 Å². The lowest BCUT2D eigenvalue weighted by atomic mass is 9.67. The van der Waals surface area contributed by atoms with Gasteiger partial charge in [0.15, 0.2) is 11.0 Å². The summed E-state index contributed by atoms with van der Waals surface area (Å²) in [6.07, 6.45) is 1.08. The minimum atomic E-state index is -0.548. The van der Waals surface area contributed by atoms with Crippen LogP contribution in [0.4, 0.5) is 0 Å². The molecule has 0 spiro atoms. The monoisotopic (exact) mass is 1440 g/mol. The van der Waals surface area contributed by atoms with Gasteiger partial charge in [0.05, 0.1) is 21.9 Å². The minimum absolute atomic E-state index is 0.356. The number of hydrogen-bond acceptors (Lipinski definition) is 6. The molecule has 5 aromatic heterocycles. The van der Waals surface area contributed by atoms with Crippen molar-refractivity contribution in [2.45, 2.75) is 17.3 Å². The van der Waals surface area contributed by atoms with Crippen LogP contribution >= 0.6 is 11.6 Å². The molecule has 8 heteroatoms. The molecule has 0 unspecified atom stereocenters. The molecule has 7 nitrogen and oxygen atoms in total. The summed E-state index contributed by atoms with van der Waals surface area (Å²) in [6, 6.07) is 134. The van der Waals surface area contributed by atoms with Crippen LogP contribution in [0.5, 0.6) is 0 Å². The van der Waals surface area contributed by atoms with Crippen LogP contribution < -0.4 is 0 Å². The van der Waals surface area contributed by atoms with E-state index >= 15 is 0 Å². The summed E-state index contributed by atoms with van der Waals surface area (Å²) >= 11 is 6.82. The van der Waals surface area contributed by atoms with Crippen molar-refractivity contribution in [3.8, 4) is 61.7 Å². The Morgan fingerprint density at radius 1 is 0.279 bits per heavy atom. The maximum absolute atomic E-state index is 6.82. The molecule has 3 aliphatic carbocycles. The minimum Gasteiger partial charge on any atom is -0.436 e. The quantitative estimate of drug-likeness (QED) is 0.158. The number of halogens is 1. The van der Waals surface area contributed by atoms with Gasteiger partial charge in [-0.1, -0.05) is 327 Å². The topological polar surface area (TPSA) is 82.8 Å². The third kappa shape index (κ3) is 9.92. The first-order valence-corrected chi connectivity index (χ1v) is 38.1. The first-order chi connectivity index (χ1) is 54.9. The Labute approximate surface area is 644 Å². The lowest BCUT2D eigenvalue weighted by molar-refractivity contribution is 0.653. The van der Waals surface area contributed by atoms with E-state index in [4.69, 9.17) is 40.4 Å². The number of benzene rings is 16. The second kappa shape index (κ2) is 25.5. The maximum Gasteiger partial charge on any atom is 0.247 e. The van der Waals surface area contributed by atoms with Gasteiger partial charge in [0.2, 0.25) is 11.4 Å². The lowest BCUT2D eigenvalue weighted by Gasteiger charge is -2.34. The lowest BCUT2D eigenvalue weighted by Crippen LogP contribution is -2.28. The second-order valence-corrected chi connectivity index (χ2v) is 29.5. The summed E-state index contributed by atoms with van der Waals surface area (Å²) in [5.41, 5.74) is 28.8. The smallest absolute Gasteiger partial charge is 0.247 e. The van der Waals surface area contributed by atoms with Crippen molar-refractivity contribution >= 4 is 99.4 Å². The fourth-order valence-electron chi connectivity index (χ4n) is 18.4. The Kier molecular flexibility index (Phi) is 14.7. The van der Waals surface area contributed by atoms with E-state index in [0.717, 1.165) is 67.5 Å². The van der Waals surface area contributed by atoms with E-state index < -0.39 is 10.8 Å². The molecule has 5 heterocycles. The number of rotatable bonds is 7. The van der Waals surface area contributed by atoms with E-state index in [1.807, 2.05) is 42.5 Å². The molecule has 0 N–H and O–H groups in total. The summed E-state index contributed by atoms with van der Waals surface area (Å²) in [5.74, 6) is 0.765. The first kappa shape index (κ1) is 64.1. The molecule has 0 amide bonds. The predicted octanol–water partition coefficient (Wildman–Crippen LogP) is 26.1. The molecule has 0 radical (unpaired) electrons. The number of furan rings is 2. The highest BCUT2D eigenvalue weighted by Gasteiger charge is 2.48. The standard InChI is InChI=1S/C51H31N3O.C35H21ClN2O.C17H12/c1-3-17-35(18-4-1)51(36-19-5-2-6-20-36)42-24-12-9-21-37(42)38-28-27-34(30-43(38)51)47-49(52-48-40-23-11-14-26-46(40)55-50(48)53-47)54-44-25-13-10-22-39(44)41-29-32-15-7-8-16-33(32)31-45(41)54;36-33-31(38-34-32(37-33)27-16-8-10-18-30(27)39-34)22-19-20-26-25-15-7-9-17-28(25)35(29(26)21-22,23-11-3-1-4-12-23)24-13-5-2-6-14-24;1-2-6-13-11-17-15(9-12(13)5-1)10-14-7-3-4-8-16(14)17/h1-31H;1-21H;1-9,11H,10H2. The van der Waals surface area contributed by atoms with Gasteiger partial charge in [-0.25, -0.2) is 19.9 Å². The van der Waals surface area contributed by atoms with E-state index in [1.54, 1.807) is 0 Å². The number of fused-ring (bicyclic) bond motifs is 20. The van der Waals surface area contributed by atoms with Gasteiger partial charge in [-0.15, -0.1) is 0 Å². The zero-order chi connectivity index (χ0) is 73.3. The van der Waals surface area contributed by atoms with Gasteiger partial charge in [0.25, 0.3) is 0 Å². The fourth-order valence-corrected chi connectivity index (χ4v) is 18.7. The Morgan fingerprint density at radius 3 is 1.25 bits per heavy atom. The van der Waals surface area contributed by atoms with Crippen LogP contribution in [0.15, 0.2) is 385 Å². The number of aromatic nitrogens is 5. The molecule has 111 heavy (non-hydrogen) atoms. The Hall–Kier alpha value is -14.1. The van der Waals surface area contributed by atoms with E-state index in [-0.39, 0.29) is 0 Å². The van der Waals surface area contributed by atoms with Crippen LogP contribution in [0.3, 0.4) is 0 Å². The number of para-hydroxylation sites is 3. The molecule has 520 valence electrons. The highest BCUT2D eigenvalue weighted by atomic mass is 35.5. The molecule has 0 fully saturated rings. The zero-order valence-electron chi connectivity index (χ0n) is 59.9. The third-order valence-electron chi connectivity index (χ3n) is 23.2. The van der Waals surface area contributed by atoms with Gasteiger partial charge in [-0.3, -0.25) is 4.57 Å². The zero-order valence-corrected chi connectivity index (χ0v) is 60.7. The Morgan fingerprint density at radius 2 is 0.694 bits per heavy atom. The van der Waals surface area contributed by atoms with Crippen molar-refractivity contribution in [1.82, 2.24) is 24.5 Å². The van der Waals surface area contributed by atoms with Gasteiger partial charge >= 0.3 is 0 Å². The van der Waals surface area contributed by atoms with Crippen molar-refractivity contribution in [3.05, 3.63) is 437 Å². The maximum atomic E-state index is 6.82. The van der Waals surface area contributed by atoms with Crippen LogP contribution in [-0.2, 0) is 17.3 Å². The summed E-state index contributed by atoms with van der Waals surface area (Å²) in [4.78, 5) is 20.6. The van der Waals surface area contributed by atoms with E-state index in [9.17, 15) is 0 Å².